The van der Waals surface area contributed by atoms with Crippen molar-refractivity contribution in [3.63, 3.8) is 0 Å². The topological polar surface area (TPSA) is 37.9 Å². The summed E-state index contributed by atoms with van der Waals surface area (Å²) in [6.07, 6.45) is 17.6. The number of rotatable bonds is 30. The van der Waals surface area contributed by atoms with Crippen molar-refractivity contribution < 1.29 is 9.47 Å². The van der Waals surface area contributed by atoms with Crippen LogP contribution in [-0.2, 0) is 0 Å². The average Bonchev–Trinajstić information content (AvgIpc) is 0.786. The Morgan fingerprint density at radius 1 is 0.175 bits per heavy atom. The minimum absolute atomic E-state index is 0.100. The van der Waals surface area contributed by atoms with Crippen LogP contribution in [0.4, 0.5) is 102 Å². The van der Waals surface area contributed by atoms with E-state index in [9.17, 15) is 0 Å². The van der Waals surface area contributed by atoms with Gasteiger partial charge in [0.2, 0.25) is 0 Å². The summed E-state index contributed by atoms with van der Waals surface area (Å²) in [7, 11) is 0. The second-order valence-electron chi connectivity index (χ2n) is 38.0. The van der Waals surface area contributed by atoms with Crippen LogP contribution in [0.3, 0.4) is 0 Å². The standard InChI is InChI=1S/C70H69N3O.C65H59N3O/c1-12-74-69-45-55(10)70(56(11)46-69)73(63-37-25-59(26-38-63)19-17-57-21-33-61(34-22-57)71(65-29-13-47(2)51(6)41-65)66-30-14-48(3)52(7)42-66)64-39-27-60(28-40-64)20-18-58-23-35-62(36-24-58)72(67-31-15-49(4)53(8)43-67)68-32-16-50(5)54(9)44-68;1-47(2)69-65-45-43-64(44-46-65)68(62-39-23-54(24-40-62)17-15-52-19-35-60(36-20-52)66(56-27-7-48(3)8-28-56)57-29-9-49(4)10-30-57)63-41-25-55(26-42-63)18-16-53-21-37-61(38-22-53)67(58-31-11-50(5)12-32-58)59-33-13-51(6)14-34-59/h13-46H,12H2,1-11H3;7-47H,1-6H3/b19-17+,20-18+;17-15+,18-16+. The maximum absolute atomic E-state index is 6.01. The summed E-state index contributed by atoms with van der Waals surface area (Å²) < 4.78 is 12.0. The summed E-state index contributed by atoms with van der Waals surface area (Å²) in [6, 6.07) is 145. The third-order valence-electron chi connectivity index (χ3n) is 26.7. The Hall–Kier alpha value is -16.7. The molecule has 18 rings (SSSR count). The zero-order chi connectivity index (χ0) is 99.7. The van der Waals surface area contributed by atoms with Crippen molar-refractivity contribution in [1.29, 1.82) is 0 Å². The molecule has 0 aromatic heterocycles. The van der Waals surface area contributed by atoms with Gasteiger partial charge in [0.15, 0.2) is 0 Å². The highest BCUT2D eigenvalue weighted by Crippen LogP contribution is 2.46. The lowest BCUT2D eigenvalue weighted by atomic mass is 10.0. The van der Waals surface area contributed by atoms with E-state index in [0.717, 1.165) is 170 Å². The molecule has 0 bridgehead atoms. The molecule has 0 radical (unpaired) electrons. The fourth-order valence-corrected chi connectivity index (χ4v) is 18.0. The van der Waals surface area contributed by atoms with Crippen LogP contribution in [0.1, 0.15) is 143 Å². The summed E-state index contributed by atoms with van der Waals surface area (Å²) in [5, 5.41) is 0. The Balaban J connectivity index is 0.000000197. The van der Waals surface area contributed by atoms with Crippen molar-refractivity contribution in [2.24, 2.45) is 0 Å². The quantitative estimate of drug-likeness (QED) is 0.0413. The molecule has 0 heterocycles. The summed E-state index contributed by atoms with van der Waals surface area (Å²) >= 11 is 0. The van der Waals surface area contributed by atoms with Gasteiger partial charge < -0.3 is 38.9 Å². The smallest absolute Gasteiger partial charge is 0.119 e. The molecule has 0 atom stereocenters. The molecule has 18 aromatic rings. The third kappa shape index (κ3) is 24.3. The van der Waals surface area contributed by atoms with Crippen LogP contribution >= 0.6 is 0 Å². The molecule has 0 aliphatic carbocycles. The SMILES string of the molecule is CCOc1cc(C)c(N(c2ccc(/C=C/c3ccc(N(c4ccc(C)c(C)c4)c4ccc(C)c(C)c4)cc3)cc2)c2ccc(/C=C/c3ccc(N(c4ccc(C)c(C)c4)c4ccc(C)c(C)c4)cc3)cc2)c(C)c1.Cc1ccc(N(c2ccc(C)cc2)c2ccc(/C=C/c3ccc(N(c4ccc(/C=C/c5ccc(N(c6ccc(C)cc6)c6ccc(C)cc6)cc5)cc4)c4ccc(OC(C)C)cc4)cc3)cc2)cc1. The number of hydrogen-bond donors (Lipinski definition) is 0. The molecule has 8 heteroatoms. The van der Waals surface area contributed by atoms with Crippen molar-refractivity contribution in [3.8, 4) is 11.5 Å². The summed E-state index contributed by atoms with van der Waals surface area (Å²) in [5.74, 6) is 1.74. The van der Waals surface area contributed by atoms with Gasteiger partial charge in [-0.2, -0.15) is 0 Å². The van der Waals surface area contributed by atoms with E-state index in [1.54, 1.807) is 0 Å². The highest BCUT2D eigenvalue weighted by atomic mass is 16.5. The highest BCUT2D eigenvalue weighted by Gasteiger charge is 2.23. The largest absolute Gasteiger partial charge is 0.494 e. The van der Waals surface area contributed by atoms with E-state index in [2.05, 4.69) is 589 Å². The van der Waals surface area contributed by atoms with Crippen LogP contribution in [0, 0.1) is 96.9 Å². The average molecular weight is 1870 g/mol. The Bertz CT molecular complexity index is 6900. The first-order valence-electron chi connectivity index (χ1n) is 49.7. The minimum Gasteiger partial charge on any atom is -0.494 e. The van der Waals surface area contributed by atoms with Gasteiger partial charge in [-0.3, -0.25) is 0 Å². The molecular formula is C135H128N6O2. The van der Waals surface area contributed by atoms with Crippen LogP contribution in [-0.4, -0.2) is 12.7 Å². The molecule has 8 nitrogen and oxygen atoms in total. The predicted octanol–water partition coefficient (Wildman–Crippen LogP) is 38.4. The van der Waals surface area contributed by atoms with E-state index in [4.69, 9.17) is 9.47 Å². The third-order valence-corrected chi connectivity index (χ3v) is 26.7. The maximum Gasteiger partial charge on any atom is 0.119 e. The van der Waals surface area contributed by atoms with Gasteiger partial charge in [0, 0.05) is 96.7 Å². The van der Waals surface area contributed by atoms with Gasteiger partial charge in [-0.15, -0.1) is 0 Å². The van der Waals surface area contributed by atoms with Gasteiger partial charge in [0.1, 0.15) is 11.5 Å². The molecule has 143 heavy (non-hydrogen) atoms. The maximum atomic E-state index is 6.01. The van der Waals surface area contributed by atoms with Gasteiger partial charge in [-0.05, 0) is 448 Å². The first-order chi connectivity index (χ1) is 69.3. The molecule has 710 valence electrons. The molecule has 18 aromatic carbocycles. The molecule has 0 amide bonds. The first kappa shape index (κ1) is 97.9. The van der Waals surface area contributed by atoms with E-state index >= 15 is 0 Å². The first-order valence-corrected chi connectivity index (χ1v) is 49.7. The molecule has 0 fully saturated rings. The molecule has 0 saturated carbocycles. The van der Waals surface area contributed by atoms with Crippen molar-refractivity contribution >= 4 is 151 Å². The Labute approximate surface area is 848 Å². The summed E-state index contributed by atoms with van der Waals surface area (Å²) in [5.41, 5.74) is 46.7. The van der Waals surface area contributed by atoms with E-state index < -0.39 is 0 Å². The van der Waals surface area contributed by atoms with E-state index in [-0.39, 0.29) is 6.10 Å². The van der Waals surface area contributed by atoms with E-state index in [1.807, 2.05) is 6.92 Å². The van der Waals surface area contributed by atoms with Gasteiger partial charge in [-0.1, -0.05) is 241 Å². The molecule has 0 aliphatic rings. The van der Waals surface area contributed by atoms with Crippen molar-refractivity contribution in [2.75, 3.05) is 36.0 Å². The lowest BCUT2D eigenvalue weighted by Gasteiger charge is -2.29. The summed E-state index contributed by atoms with van der Waals surface area (Å²) in [4.78, 5) is 14.0. The Morgan fingerprint density at radius 3 is 0.524 bits per heavy atom. The fourth-order valence-electron chi connectivity index (χ4n) is 18.0. The zero-order valence-electron chi connectivity index (χ0n) is 85.5. The van der Waals surface area contributed by atoms with E-state index in [0.29, 0.717) is 6.61 Å². The zero-order valence-corrected chi connectivity index (χ0v) is 85.5. The number of hydrogen-bond acceptors (Lipinski definition) is 8. The van der Waals surface area contributed by atoms with Crippen LogP contribution in [0.5, 0.6) is 11.5 Å². The highest BCUT2D eigenvalue weighted by molar-refractivity contribution is 5.88. The Kier molecular flexibility index (Phi) is 30.9. The second kappa shape index (κ2) is 45.1. The molecule has 0 saturated heterocycles. The van der Waals surface area contributed by atoms with Crippen LogP contribution in [0.2, 0.25) is 0 Å². The van der Waals surface area contributed by atoms with Crippen LogP contribution in [0.15, 0.2) is 400 Å². The van der Waals surface area contributed by atoms with Gasteiger partial charge in [-0.25, -0.2) is 0 Å². The van der Waals surface area contributed by atoms with Crippen LogP contribution in [0.25, 0.3) is 48.6 Å². The van der Waals surface area contributed by atoms with Crippen molar-refractivity contribution in [3.05, 3.63) is 523 Å². The lowest BCUT2D eigenvalue weighted by Crippen LogP contribution is -2.13. The molecule has 0 aliphatic heterocycles. The minimum atomic E-state index is 0.100. The van der Waals surface area contributed by atoms with Gasteiger partial charge in [0.25, 0.3) is 0 Å². The molecular weight excluding hydrogens is 1740 g/mol. The lowest BCUT2D eigenvalue weighted by molar-refractivity contribution is 0.242. The number of anilines is 18. The number of nitrogens with zero attached hydrogens (tertiary/aromatic N) is 6. The number of benzene rings is 18. The van der Waals surface area contributed by atoms with Gasteiger partial charge >= 0.3 is 0 Å². The monoisotopic (exact) mass is 1870 g/mol. The number of aryl methyl sites for hydroxylation is 14. The van der Waals surface area contributed by atoms with Gasteiger partial charge in [0.05, 0.1) is 18.4 Å². The molecule has 0 N–H and O–H groups in total. The number of ether oxygens (including phenoxy) is 2. The fraction of sp³-hybridized carbons (Fsp3) is 0.141. The predicted molar refractivity (Wildman–Crippen MR) is 616 cm³/mol. The van der Waals surface area contributed by atoms with E-state index in [1.165, 1.54) is 66.8 Å². The Morgan fingerprint density at radius 2 is 0.343 bits per heavy atom. The van der Waals surface area contributed by atoms with Crippen molar-refractivity contribution in [2.45, 2.75) is 124 Å². The summed E-state index contributed by atoms with van der Waals surface area (Å²) in [6.45, 7) is 37.0. The van der Waals surface area contributed by atoms with Crippen molar-refractivity contribution in [1.82, 2.24) is 0 Å². The normalized spacial score (nSPS) is 11.4. The molecule has 0 unspecified atom stereocenters. The molecule has 0 spiro atoms. The second-order valence-corrected chi connectivity index (χ2v) is 38.0. The van der Waals surface area contributed by atoms with Crippen LogP contribution < -0.4 is 38.9 Å².